The van der Waals surface area contributed by atoms with Crippen LogP contribution in [0.2, 0.25) is 0 Å². The van der Waals surface area contributed by atoms with E-state index in [1.165, 1.54) is 18.4 Å². The van der Waals surface area contributed by atoms with Crippen LogP contribution in [0.5, 0.6) is 5.75 Å². The first-order chi connectivity index (χ1) is 26.4. The molecule has 1 aromatic carbocycles. The van der Waals surface area contributed by atoms with Gasteiger partial charge in [0.25, 0.3) is 5.91 Å². The lowest BCUT2D eigenvalue weighted by atomic mass is 9.86. The normalized spacial score (nSPS) is 30.3. The van der Waals surface area contributed by atoms with E-state index in [0.29, 0.717) is 50.2 Å². The first-order valence-electron chi connectivity index (χ1n) is 20.6. The molecule has 3 aliphatic heterocycles. The lowest BCUT2D eigenvalue weighted by Gasteiger charge is -2.37. The Bertz CT molecular complexity index is 2120. The fourth-order valence-corrected chi connectivity index (χ4v) is 10.4. The Hall–Kier alpha value is -4.00. The van der Waals surface area contributed by atoms with Crippen molar-refractivity contribution in [3.8, 4) is 5.75 Å². The van der Waals surface area contributed by atoms with Crippen LogP contribution in [0.1, 0.15) is 141 Å². The molecule has 310 valence electrons. The van der Waals surface area contributed by atoms with E-state index in [2.05, 4.69) is 28.2 Å². The Morgan fingerprint density at radius 2 is 1.82 bits per heavy atom. The summed E-state index contributed by atoms with van der Waals surface area (Å²) in [6, 6.07) is 5.46. The zero-order valence-corrected chi connectivity index (χ0v) is 34.2. The van der Waals surface area contributed by atoms with Gasteiger partial charge < -0.3 is 19.7 Å². The quantitative estimate of drug-likeness (QED) is 0.247. The second-order valence-electron chi connectivity index (χ2n) is 18.7. The van der Waals surface area contributed by atoms with Gasteiger partial charge in [-0.15, -0.1) is 0 Å². The van der Waals surface area contributed by atoms with Gasteiger partial charge in [0.05, 0.1) is 28.9 Å². The number of esters is 1. The molecule has 3 amide bonds. The van der Waals surface area contributed by atoms with Crippen molar-refractivity contribution in [2.45, 2.75) is 165 Å². The molecule has 4 heterocycles. The fraction of sp³-hybridized carbons (Fsp3) is 0.659. The van der Waals surface area contributed by atoms with Gasteiger partial charge in [-0.05, 0) is 122 Å². The molecule has 3 aliphatic carbocycles. The first kappa shape index (κ1) is 41.2. The van der Waals surface area contributed by atoms with Gasteiger partial charge >= 0.3 is 5.97 Å². The average molecular weight is 805 g/mol. The van der Waals surface area contributed by atoms with Gasteiger partial charge in [-0.25, -0.2) is 13.4 Å². The number of ether oxygens (including phenoxy) is 2. The molecule has 57 heavy (non-hydrogen) atoms. The average Bonchev–Trinajstić information content (AvgIpc) is 4.05. The zero-order chi connectivity index (χ0) is 39.8. The summed E-state index contributed by atoms with van der Waals surface area (Å²) >= 11 is 0. The predicted molar refractivity (Wildman–Crippen MR) is 217 cm³/mol. The molecule has 5 atom stereocenters. The van der Waals surface area contributed by atoms with Crippen LogP contribution in [0.4, 0.5) is 0 Å². The van der Waals surface area contributed by atoms with Crippen LogP contribution in [0.15, 0.2) is 30.4 Å². The second kappa shape index (κ2) is 14.7. The summed E-state index contributed by atoms with van der Waals surface area (Å²) in [5.41, 5.74) is 0.901. The SMILES string of the molecule is C.Cc1nc2ccc(C3CC3)cc2c2c1O[C@]1(CC2)C[C@H]2C(=O)N[C@]3(C(=O)NS(=O)(=O)C4(C)CC4)C[C@H]3/C=C\CCCCC[C@H](CC(=O)OC(C)(C)C)C(=O)N2C1. The number of hydrogen-bond acceptors (Lipinski definition) is 9. The lowest BCUT2D eigenvalue weighted by Crippen LogP contribution is -2.57. The number of aryl methyl sites for hydroxylation is 2. The number of pyridine rings is 1. The Balaban J connectivity index is 0.00000496. The van der Waals surface area contributed by atoms with Crippen molar-refractivity contribution in [2.24, 2.45) is 11.8 Å². The summed E-state index contributed by atoms with van der Waals surface area (Å²) in [4.78, 5) is 63.3. The number of allylic oxidation sites excluding steroid dienone is 1. The standard InChI is InChI=1S/C43H56N4O8S.CH4/c1-26-36-31(32-21-28(27-13-14-27)15-16-33(32)44-26)17-18-42(55-36)24-34-37(49)45-43(39(51)46-56(52,53)41(5)19-20-41)23-30(43)12-10-8-6-7-9-11-29(38(50)47(34)25-42)22-35(48)54-40(2,3)4;/h10,12,15-16,21,27,29-30,34H,6-9,11,13-14,17-20,22-25H2,1-5H3,(H,45,49)(H,46,51);1H4/b12-10-;/t29-,30-,34+,42-,43-;/m1./s1. The third kappa shape index (κ3) is 8.06. The summed E-state index contributed by atoms with van der Waals surface area (Å²) < 4.78 is 40.4. The Labute approximate surface area is 337 Å². The summed E-state index contributed by atoms with van der Waals surface area (Å²) in [5.74, 6) is -1.98. The number of nitrogens with zero attached hydrogens (tertiary/aromatic N) is 2. The number of benzene rings is 1. The molecule has 1 aromatic heterocycles. The van der Waals surface area contributed by atoms with Gasteiger partial charge in [0.2, 0.25) is 21.8 Å². The highest BCUT2D eigenvalue weighted by molar-refractivity contribution is 7.91. The van der Waals surface area contributed by atoms with E-state index in [9.17, 15) is 27.6 Å². The van der Waals surface area contributed by atoms with E-state index in [1.54, 1.807) is 32.6 Å². The lowest BCUT2D eigenvalue weighted by molar-refractivity contribution is -0.159. The van der Waals surface area contributed by atoms with Crippen LogP contribution in [0, 0.1) is 18.8 Å². The molecule has 1 spiro atoms. The van der Waals surface area contributed by atoms with E-state index in [4.69, 9.17) is 14.5 Å². The van der Waals surface area contributed by atoms with Crippen LogP contribution >= 0.6 is 0 Å². The highest BCUT2D eigenvalue weighted by atomic mass is 32.2. The highest BCUT2D eigenvalue weighted by Gasteiger charge is 2.64. The van der Waals surface area contributed by atoms with Crippen LogP contribution in [-0.4, -0.2) is 76.1 Å². The number of aromatic nitrogens is 1. The number of carbonyl (C=O) groups is 4. The maximum Gasteiger partial charge on any atom is 0.307 e. The maximum atomic E-state index is 14.8. The topological polar surface area (TPSA) is 161 Å². The molecule has 0 unspecified atom stereocenters. The molecule has 6 aliphatic rings. The molecule has 0 radical (unpaired) electrons. The van der Waals surface area contributed by atoms with Crippen LogP contribution in [-0.2, 0) is 40.4 Å². The molecular weight excluding hydrogens is 745 g/mol. The first-order valence-corrected chi connectivity index (χ1v) is 22.1. The van der Waals surface area contributed by atoms with Crippen molar-refractivity contribution >= 4 is 44.6 Å². The molecule has 4 fully saturated rings. The Morgan fingerprint density at radius 1 is 1.07 bits per heavy atom. The Kier molecular flexibility index (Phi) is 10.6. The van der Waals surface area contributed by atoms with Crippen molar-refractivity contribution in [1.82, 2.24) is 19.9 Å². The number of amides is 3. The van der Waals surface area contributed by atoms with Crippen molar-refractivity contribution in [2.75, 3.05) is 6.54 Å². The fourth-order valence-electron chi connectivity index (χ4n) is 9.10. The van der Waals surface area contributed by atoms with Crippen LogP contribution < -0.4 is 14.8 Å². The highest BCUT2D eigenvalue weighted by Crippen LogP contribution is 2.50. The summed E-state index contributed by atoms with van der Waals surface area (Å²) in [5, 5.41) is 4.06. The minimum Gasteiger partial charge on any atom is -0.483 e. The molecule has 8 rings (SSSR count). The molecule has 2 N–H and O–H groups in total. The van der Waals surface area contributed by atoms with Crippen molar-refractivity contribution in [3.05, 3.63) is 47.2 Å². The van der Waals surface area contributed by atoms with Crippen molar-refractivity contribution in [1.29, 1.82) is 0 Å². The van der Waals surface area contributed by atoms with E-state index in [-0.39, 0.29) is 39.1 Å². The van der Waals surface area contributed by atoms with Gasteiger partial charge in [-0.1, -0.05) is 38.5 Å². The second-order valence-corrected chi connectivity index (χ2v) is 20.9. The van der Waals surface area contributed by atoms with E-state index < -0.39 is 67.2 Å². The molecule has 1 saturated heterocycles. The van der Waals surface area contributed by atoms with Crippen LogP contribution in [0.3, 0.4) is 0 Å². The molecule has 2 aromatic rings. The summed E-state index contributed by atoms with van der Waals surface area (Å²) in [6.07, 6.45) is 12.2. The molecule has 13 heteroatoms. The Morgan fingerprint density at radius 3 is 2.53 bits per heavy atom. The number of nitrogens with one attached hydrogen (secondary N) is 2. The third-order valence-corrected chi connectivity index (χ3v) is 15.2. The molecular formula is C44H60N4O8S. The minimum atomic E-state index is -3.97. The number of carbonyl (C=O) groups excluding carboxylic acids is 4. The number of rotatable bonds is 6. The van der Waals surface area contributed by atoms with Gasteiger partial charge in [0.15, 0.2) is 0 Å². The summed E-state index contributed by atoms with van der Waals surface area (Å²) in [7, 11) is -3.97. The van der Waals surface area contributed by atoms with Gasteiger partial charge in [0.1, 0.15) is 28.5 Å². The maximum absolute atomic E-state index is 14.8. The van der Waals surface area contributed by atoms with Gasteiger partial charge in [-0.3, -0.25) is 23.9 Å². The molecule has 12 nitrogen and oxygen atoms in total. The van der Waals surface area contributed by atoms with Crippen LogP contribution in [0.25, 0.3) is 10.9 Å². The third-order valence-electron chi connectivity index (χ3n) is 13.0. The van der Waals surface area contributed by atoms with Crippen molar-refractivity contribution < 1.29 is 37.1 Å². The van der Waals surface area contributed by atoms with Gasteiger partial charge in [-0.2, -0.15) is 0 Å². The number of hydrogen-bond donors (Lipinski definition) is 2. The van der Waals surface area contributed by atoms with E-state index in [1.807, 2.05) is 19.1 Å². The number of fused-ring (bicyclic) bond motifs is 5. The molecule has 0 bridgehead atoms. The van der Waals surface area contributed by atoms with Crippen molar-refractivity contribution in [3.63, 3.8) is 0 Å². The predicted octanol–water partition coefficient (Wildman–Crippen LogP) is 6.46. The zero-order valence-electron chi connectivity index (χ0n) is 33.4. The minimum absolute atomic E-state index is 0. The largest absolute Gasteiger partial charge is 0.483 e. The van der Waals surface area contributed by atoms with Gasteiger partial charge in [0, 0.05) is 29.2 Å². The number of sulfonamides is 1. The summed E-state index contributed by atoms with van der Waals surface area (Å²) in [6.45, 7) is 9.03. The smallest absolute Gasteiger partial charge is 0.307 e. The van der Waals surface area contributed by atoms with E-state index in [0.717, 1.165) is 41.4 Å². The monoisotopic (exact) mass is 804 g/mol. The van der Waals surface area contributed by atoms with E-state index >= 15 is 0 Å². The molecule has 3 saturated carbocycles.